The second-order valence-corrected chi connectivity index (χ2v) is 4.98. The van der Waals surface area contributed by atoms with Gasteiger partial charge in [0.2, 0.25) is 0 Å². The fourth-order valence-electron chi connectivity index (χ4n) is 1.37. The van der Waals surface area contributed by atoms with Gasteiger partial charge >= 0.3 is 6.09 Å². The number of ether oxygens (including phenoxy) is 2. The normalized spacial score (nSPS) is 10.7. The Balaban J connectivity index is 2.91. The van der Waals surface area contributed by atoms with E-state index in [-0.39, 0.29) is 11.6 Å². The number of carbonyl (C=O) groups is 2. The Bertz CT molecular complexity index is 509. The van der Waals surface area contributed by atoms with Gasteiger partial charge in [0.25, 0.3) is 5.91 Å². The summed E-state index contributed by atoms with van der Waals surface area (Å²) in [6.07, 6.45) is 0.721. The Morgan fingerprint density at radius 2 is 1.95 bits per heavy atom. The summed E-state index contributed by atoms with van der Waals surface area (Å²) in [7, 11) is 2.94. The van der Waals surface area contributed by atoms with E-state index in [0.717, 1.165) is 0 Å². The van der Waals surface area contributed by atoms with E-state index >= 15 is 0 Å². The molecule has 0 aromatic carbocycles. The lowest BCUT2D eigenvalue weighted by atomic mass is 10.2. The first-order valence-corrected chi connectivity index (χ1v) is 6.03. The van der Waals surface area contributed by atoms with Gasteiger partial charge in [0.15, 0.2) is 0 Å². The molecule has 0 aliphatic rings. The zero-order chi connectivity index (χ0) is 15.3. The lowest BCUT2D eigenvalue weighted by Gasteiger charge is -2.20. The van der Waals surface area contributed by atoms with Crippen molar-refractivity contribution in [2.75, 3.05) is 19.5 Å². The van der Waals surface area contributed by atoms with Gasteiger partial charge in [-0.25, -0.2) is 9.78 Å². The van der Waals surface area contributed by atoms with E-state index in [1.807, 2.05) is 0 Å². The van der Waals surface area contributed by atoms with E-state index in [1.54, 1.807) is 20.8 Å². The molecule has 0 radical (unpaired) electrons. The van der Waals surface area contributed by atoms with Gasteiger partial charge in [-0.1, -0.05) is 0 Å². The van der Waals surface area contributed by atoms with Crippen molar-refractivity contribution in [2.45, 2.75) is 26.4 Å². The Labute approximate surface area is 117 Å². The van der Waals surface area contributed by atoms with Crippen molar-refractivity contribution in [3.8, 4) is 5.75 Å². The average molecular weight is 281 g/mol. The average Bonchev–Trinajstić information content (AvgIpc) is 2.36. The molecular formula is C13H19N3O4. The first kappa shape index (κ1) is 15.7. The van der Waals surface area contributed by atoms with Gasteiger partial charge in [0.05, 0.1) is 13.3 Å². The van der Waals surface area contributed by atoms with Crippen LogP contribution >= 0.6 is 0 Å². The number of hydrogen-bond acceptors (Lipinski definition) is 5. The van der Waals surface area contributed by atoms with Crippen molar-refractivity contribution in [3.63, 3.8) is 0 Å². The summed E-state index contributed by atoms with van der Waals surface area (Å²) in [6, 6.07) is 1.44. The van der Waals surface area contributed by atoms with Gasteiger partial charge in [0.1, 0.15) is 22.7 Å². The smallest absolute Gasteiger partial charge is 0.412 e. The maximum atomic E-state index is 11.7. The molecule has 1 rings (SSSR count). The predicted octanol–water partition coefficient (Wildman–Crippen LogP) is 1.80. The van der Waals surface area contributed by atoms with Crippen molar-refractivity contribution in [1.29, 1.82) is 0 Å². The van der Waals surface area contributed by atoms with Crippen LogP contribution in [-0.4, -0.2) is 36.7 Å². The molecule has 7 heteroatoms. The standard InChI is InChI=1S/C13H19N3O4/c1-13(2,3)20-12(18)16-9-7-15-8(11(17)14-4)6-10(9)19-5/h6-7H,1-5H3,(H,14,17)(H,16,18). The number of aromatic nitrogens is 1. The Hall–Kier alpha value is -2.31. The quantitative estimate of drug-likeness (QED) is 0.881. The molecule has 0 aliphatic heterocycles. The lowest BCUT2D eigenvalue weighted by molar-refractivity contribution is 0.0635. The highest BCUT2D eigenvalue weighted by atomic mass is 16.6. The number of methoxy groups -OCH3 is 1. The predicted molar refractivity (Wildman–Crippen MR) is 74.0 cm³/mol. The number of amides is 2. The van der Waals surface area contributed by atoms with Gasteiger partial charge in [-0.15, -0.1) is 0 Å². The van der Waals surface area contributed by atoms with Gasteiger partial charge in [0, 0.05) is 13.1 Å². The third kappa shape index (κ3) is 4.42. The number of carbonyl (C=O) groups excluding carboxylic acids is 2. The fraction of sp³-hybridized carbons (Fsp3) is 0.462. The summed E-state index contributed by atoms with van der Waals surface area (Å²) in [5, 5.41) is 4.98. The molecule has 20 heavy (non-hydrogen) atoms. The van der Waals surface area contributed by atoms with Crippen molar-refractivity contribution in [2.24, 2.45) is 0 Å². The molecule has 0 atom stereocenters. The highest BCUT2D eigenvalue weighted by molar-refractivity contribution is 5.94. The number of hydrogen-bond donors (Lipinski definition) is 2. The first-order valence-electron chi connectivity index (χ1n) is 6.03. The van der Waals surface area contributed by atoms with E-state index in [9.17, 15) is 9.59 Å². The van der Waals surface area contributed by atoms with E-state index in [2.05, 4.69) is 15.6 Å². The lowest BCUT2D eigenvalue weighted by Crippen LogP contribution is -2.27. The summed E-state index contributed by atoms with van der Waals surface area (Å²) >= 11 is 0. The third-order valence-corrected chi connectivity index (χ3v) is 2.18. The largest absolute Gasteiger partial charge is 0.494 e. The molecule has 0 bridgehead atoms. The summed E-state index contributed by atoms with van der Waals surface area (Å²) in [4.78, 5) is 27.1. The summed E-state index contributed by atoms with van der Waals surface area (Å²) < 4.78 is 10.2. The second-order valence-electron chi connectivity index (χ2n) is 4.98. The number of nitrogens with zero attached hydrogens (tertiary/aromatic N) is 1. The highest BCUT2D eigenvalue weighted by Crippen LogP contribution is 2.24. The molecule has 7 nitrogen and oxygen atoms in total. The number of anilines is 1. The summed E-state index contributed by atoms with van der Waals surface area (Å²) in [6.45, 7) is 5.28. The molecule has 0 aliphatic carbocycles. The van der Waals surface area contributed by atoms with E-state index in [0.29, 0.717) is 11.4 Å². The summed E-state index contributed by atoms with van der Waals surface area (Å²) in [5.74, 6) is -0.0171. The minimum Gasteiger partial charge on any atom is -0.494 e. The SMILES string of the molecule is CNC(=O)c1cc(OC)c(NC(=O)OC(C)(C)C)cn1. The van der Waals surface area contributed by atoms with Crippen LogP contribution in [0.15, 0.2) is 12.3 Å². The third-order valence-electron chi connectivity index (χ3n) is 2.18. The topological polar surface area (TPSA) is 89.6 Å². The molecule has 0 fully saturated rings. The Kier molecular flexibility index (Phi) is 4.90. The molecule has 0 saturated heterocycles. The minimum absolute atomic E-state index is 0.194. The van der Waals surface area contributed by atoms with Crippen LogP contribution in [-0.2, 0) is 4.74 Å². The number of nitrogens with one attached hydrogen (secondary N) is 2. The molecular weight excluding hydrogens is 262 g/mol. The molecule has 110 valence electrons. The molecule has 1 heterocycles. The van der Waals surface area contributed by atoms with E-state index < -0.39 is 11.7 Å². The zero-order valence-corrected chi connectivity index (χ0v) is 12.2. The van der Waals surface area contributed by atoms with Crippen molar-refractivity contribution < 1.29 is 19.1 Å². The van der Waals surface area contributed by atoms with Crippen molar-refractivity contribution in [3.05, 3.63) is 18.0 Å². The molecule has 1 aromatic rings. The van der Waals surface area contributed by atoms with Crippen molar-refractivity contribution >= 4 is 17.7 Å². The molecule has 0 spiro atoms. The van der Waals surface area contributed by atoms with Gasteiger partial charge in [-0.05, 0) is 20.8 Å². The maximum Gasteiger partial charge on any atom is 0.412 e. The van der Waals surface area contributed by atoms with Gasteiger partial charge in [-0.2, -0.15) is 0 Å². The minimum atomic E-state index is -0.620. The highest BCUT2D eigenvalue weighted by Gasteiger charge is 2.18. The maximum absolute atomic E-state index is 11.7. The monoisotopic (exact) mass is 281 g/mol. The number of rotatable bonds is 3. The van der Waals surface area contributed by atoms with Crippen molar-refractivity contribution in [1.82, 2.24) is 10.3 Å². The van der Waals surface area contributed by atoms with Crippen LogP contribution in [0.2, 0.25) is 0 Å². The van der Waals surface area contributed by atoms with Crippen LogP contribution in [0.1, 0.15) is 31.3 Å². The van der Waals surface area contributed by atoms with Crippen LogP contribution in [0.5, 0.6) is 5.75 Å². The van der Waals surface area contributed by atoms with E-state index in [4.69, 9.17) is 9.47 Å². The zero-order valence-electron chi connectivity index (χ0n) is 12.2. The Morgan fingerprint density at radius 3 is 2.45 bits per heavy atom. The van der Waals surface area contributed by atoms with Crippen LogP contribution in [0.4, 0.5) is 10.5 Å². The Morgan fingerprint density at radius 1 is 1.30 bits per heavy atom. The molecule has 0 saturated carbocycles. The molecule has 2 N–H and O–H groups in total. The first-order chi connectivity index (χ1) is 9.26. The molecule has 2 amide bonds. The van der Waals surface area contributed by atoms with Gasteiger partial charge < -0.3 is 14.8 Å². The van der Waals surface area contributed by atoms with Crippen LogP contribution in [0.25, 0.3) is 0 Å². The van der Waals surface area contributed by atoms with Crippen LogP contribution < -0.4 is 15.4 Å². The van der Waals surface area contributed by atoms with Crippen LogP contribution in [0, 0.1) is 0 Å². The number of pyridine rings is 1. The second kappa shape index (κ2) is 6.23. The van der Waals surface area contributed by atoms with Gasteiger partial charge in [-0.3, -0.25) is 10.1 Å². The summed E-state index contributed by atoms with van der Waals surface area (Å²) in [5.41, 5.74) is -0.0826. The fourth-order valence-corrected chi connectivity index (χ4v) is 1.37. The molecule has 1 aromatic heterocycles. The van der Waals surface area contributed by atoms with Crippen LogP contribution in [0.3, 0.4) is 0 Å². The van der Waals surface area contributed by atoms with E-state index in [1.165, 1.54) is 26.4 Å². The molecule has 0 unspecified atom stereocenters.